The maximum absolute atomic E-state index is 11.9. The lowest BCUT2D eigenvalue weighted by Crippen LogP contribution is -2.45. The highest BCUT2D eigenvalue weighted by molar-refractivity contribution is 6.42. The molecule has 19 heavy (non-hydrogen) atoms. The van der Waals surface area contributed by atoms with Gasteiger partial charge >= 0.3 is 0 Å². The van der Waals surface area contributed by atoms with E-state index in [0.29, 0.717) is 22.2 Å². The second-order valence-corrected chi connectivity index (χ2v) is 4.93. The SMILES string of the molecule is CCCNC(=O)[C@H](C)NC(=O)c1ccc(Cl)c(Cl)c1. The van der Waals surface area contributed by atoms with Crippen LogP contribution in [0.4, 0.5) is 0 Å². The summed E-state index contributed by atoms with van der Waals surface area (Å²) in [6.45, 7) is 4.17. The first-order valence-corrected chi connectivity index (χ1v) is 6.75. The molecular formula is C13H16Cl2N2O2. The van der Waals surface area contributed by atoms with E-state index in [9.17, 15) is 9.59 Å². The van der Waals surface area contributed by atoms with Crippen molar-refractivity contribution >= 4 is 35.0 Å². The van der Waals surface area contributed by atoms with E-state index < -0.39 is 6.04 Å². The molecule has 0 saturated heterocycles. The summed E-state index contributed by atoms with van der Waals surface area (Å²) in [4.78, 5) is 23.5. The Kier molecular flexibility index (Phi) is 6.12. The first-order valence-electron chi connectivity index (χ1n) is 5.99. The molecule has 6 heteroatoms. The van der Waals surface area contributed by atoms with E-state index >= 15 is 0 Å². The normalized spacial score (nSPS) is 11.8. The average Bonchev–Trinajstić information content (AvgIpc) is 2.38. The molecule has 0 radical (unpaired) electrons. The van der Waals surface area contributed by atoms with Crippen LogP contribution in [0.5, 0.6) is 0 Å². The number of rotatable bonds is 5. The molecule has 1 aromatic carbocycles. The fourth-order valence-corrected chi connectivity index (χ4v) is 1.68. The van der Waals surface area contributed by atoms with Gasteiger partial charge in [0.1, 0.15) is 6.04 Å². The quantitative estimate of drug-likeness (QED) is 0.878. The fourth-order valence-electron chi connectivity index (χ4n) is 1.38. The van der Waals surface area contributed by atoms with Gasteiger partial charge in [-0.3, -0.25) is 9.59 Å². The zero-order valence-electron chi connectivity index (χ0n) is 10.8. The van der Waals surface area contributed by atoms with E-state index in [1.807, 2.05) is 6.92 Å². The third kappa shape index (κ3) is 4.73. The number of carbonyl (C=O) groups excluding carboxylic acids is 2. The van der Waals surface area contributed by atoms with Crippen molar-refractivity contribution in [3.8, 4) is 0 Å². The monoisotopic (exact) mass is 302 g/mol. The summed E-state index contributed by atoms with van der Waals surface area (Å²) >= 11 is 11.6. The van der Waals surface area contributed by atoms with Gasteiger partial charge in [0, 0.05) is 12.1 Å². The number of halogens is 2. The highest BCUT2D eigenvalue weighted by Gasteiger charge is 2.16. The highest BCUT2D eigenvalue weighted by atomic mass is 35.5. The van der Waals surface area contributed by atoms with Gasteiger partial charge in [-0.2, -0.15) is 0 Å². The minimum Gasteiger partial charge on any atom is -0.354 e. The van der Waals surface area contributed by atoms with Gasteiger partial charge in [-0.25, -0.2) is 0 Å². The zero-order chi connectivity index (χ0) is 14.4. The number of carbonyl (C=O) groups is 2. The van der Waals surface area contributed by atoms with E-state index in [0.717, 1.165) is 6.42 Å². The van der Waals surface area contributed by atoms with Crippen molar-refractivity contribution in [1.82, 2.24) is 10.6 Å². The molecule has 104 valence electrons. The van der Waals surface area contributed by atoms with Crippen molar-refractivity contribution in [3.63, 3.8) is 0 Å². The molecule has 1 atom stereocenters. The summed E-state index contributed by atoms with van der Waals surface area (Å²) in [5, 5.41) is 5.99. The molecule has 0 aliphatic heterocycles. The van der Waals surface area contributed by atoms with Crippen LogP contribution in [-0.2, 0) is 4.79 Å². The standard InChI is InChI=1S/C13H16Cl2N2O2/c1-3-6-16-12(18)8(2)17-13(19)9-4-5-10(14)11(15)7-9/h4-5,7-8H,3,6H2,1-2H3,(H,16,18)(H,17,19)/t8-/m0/s1. The van der Waals surface area contributed by atoms with Crippen molar-refractivity contribution in [2.75, 3.05) is 6.54 Å². The molecule has 0 heterocycles. The van der Waals surface area contributed by atoms with Gasteiger partial charge in [-0.15, -0.1) is 0 Å². The van der Waals surface area contributed by atoms with Crippen LogP contribution < -0.4 is 10.6 Å². The molecule has 0 saturated carbocycles. The van der Waals surface area contributed by atoms with Crippen LogP contribution in [0.3, 0.4) is 0 Å². The second-order valence-electron chi connectivity index (χ2n) is 4.12. The molecule has 0 fully saturated rings. The topological polar surface area (TPSA) is 58.2 Å². The Morgan fingerprint density at radius 3 is 2.53 bits per heavy atom. The number of hydrogen-bond acceptors (Lipinski definition) is 2. The third-order valence-electron chi connectivity index (χ3n) is 2.47. The fraction of sp³-hybridized carbons (Fsp3) is 0.385. The van der Waals surface area contributed by atoms with Crippen LogP contribution in [0.1, 0.15) is 30.6 Å². The summed E-state index contributed by atoms with van der Waals surface area (Å²) in [6.07, 6.45) is 0.846. The van der Waals surface area contributed by atoms with Gasteiger partial charge in [0.05, 0.1) is 10.0 Å². The summed E-state index contributed by atoms with van der Waals surface area (Å²) in [6, 6.07) is 3.96. The van der Waals surface area contributed by atoms with E-state index in [2.05, 4.69) is 10.6 Å². The van der Waals surface area contributed by atoms with Crippen molar-refractivity contribution in [1.29, 1.82) is 0 Å². The van der Waals surface area contributed by atoms with Gasteiger partial charge < -0.3 is 10.6 Å². The van der Waals surface area contributed by atoms with E-state index in [1.165, 1.54) is 6.07 Å². The van der Waals surface area contributed by atoms with Crippen LogP contribution in [0.25, 0.3) is 0 Å². The smallest absolute Gasteiger partial charge is 0.251 e. The first-order chi connectivity index (χ1) is 8.95. The molecule has 2 N–H and O–H groups in total. The Morgan fingerprint density at radius 2 is 1.95 bits per heavy atom. The van der Waals surface area contributed by atoms with Crippen LogP contribution >= 0.6 is 23.2 Å². The molecule has 0 aliphatic rings. The van der Waals surface area contributed by atoms with Gasteiger partial charge in [0.2, 0.25) is 5.91 Å². The molecule has 2 amide bonds. The molecule has 4 nitrogen and oxygen atoms in total. The Morgan fingerprint density at radius 1 is 1.26 bits per heavy atom. The number of amides is 2. The van der Waals surface area contributed by atoms with Crippen molar-refractivity contribution < 1.29 is 9.59 Å². The molecule has 0 aliphatic carbocycles. The van der Waals surface area contributed by atoms with Gasteiger partial charge in [0.15, 0.2) is 0 Å². The third-order valence-corrected chi connectivity index (χ3v) is 3.21. The first kappa shape index (κ1) is 15.8. The summed E-state index contributed by atoms with van der Waals surface area (Å²) in [5.41, 5.74) is 0.365. The van der Waals surface area contributed by atoms with E-state index in [-0.39, 0.29) is 11.8 Å². The van der Waals surface area contributed by atoms with Crippen molar-refractivity contribution in [3.05, 3.63) is 33.8 Å². The zero-order valence-corrected chi connectivity index (χ0v) is 12.3. The molecule has 0 aromatic heterocycles. The minimum atomic E-state index is -0.603. The number of benzene rings is 1. The lowest BCUT2D eigenvalue weighted by molar-refractivity contribution is -0.122. The predicted octanol–water partition coefficient (Wildman–Crippen LogP) is 2.64. The van der Waals surface area contributed by atoms with Gasteiger partial charge in [-0.1, -0.05) is 30.1 Å². The number of hydrogen-bond donors (Lipinski definition) is 2. The van der Waals surface area contributed by atoms with Crippen LogP contribution in [-0.4, -0.2) is 24.4 Å². The second kappa shape index (κ2) is 7.36. The Labute approximate surface area is 122 Å². The molecule has 0 unspecified atom stereocenters. The Hall–Kier alpha value is -1.26. The molecule has 0 bridgehead atoms. The molecule has 1 aromatic rings. The molecular weight excluding hydrogens is 287 g/mol. The highest BCUT2D eigenvalue weighted by Crippen LogP contribution is 2.22. The average molecular weight is 303 g/mol. The maximum atomic E-state index is 11.9. The van der Waals surface area contributed by atoms with Crippen LogP contribution in [0.15, 0.2) is 18.2 Å². The summed E-state index contributed by atoms with van der Waals surface area (Å²) in [7, 11) is 0. The Balaban J connectivity index is 2.63. The van der Waals surface area contributed by atoms with Crippen LogP contribution in [0, 0.1) is 0 Å². The lowest BCUT2D eigenvalue weighted by Gasteiger charge is -2.14. The maximum Gasteiger partial charge on any atom is 0.251 e. The minimum absolute atomic E-state index is 0.213. The Bertz CT molecular complexity index is 478. The lowest BCUT2D eigenvalue weighted by atomic mass is 10.2. The largest absolute Gasteiger partial charge is 0.354 e. The number of nitrogens with one attached hydrogen (secondary N) is 2. The van der Waals surface area contributed by atoms with Crippen LogP contribution in [0.2, 0.25) is 10.0 Å². The molecule has 0 spiro atoms. The van der Waals surface area contributed by atoms with Gasteiger partial charge in [-0.05, 0) is 31.5 Å². The predicted molar refractivity (Wildman–Crippen MR) is 76.7 cm³/mol. The van der Waals surface area contributed by atoms with Gasteiger partial charge in [0.25, 0.3) is 5.91 Å². The van der Waals surface area contributed by atoms with E-state index in [1.54, 1.807) is 19.1 Å². The summed E-state index contributed by atoms with van der Waals surface area (Å²) in [5.74, 6) is -0.576. The van der Waals surface area contributed by atoms with E-state index in [4.69, 9.17) is 23.2 Å². The van der Waals surface area contributed by atoms with Crippen molar-refractivity contribution in [2.45, 2.75) is 26.3 Å². The van der Waals surface area contributed by atoms with Crippen molar-refractivity contribution in [2.24, 2.45) is 0 Å². The summed E-state index contributed by atoms with van der Waals surface area (Å²) < 4.78 is 0. The molecule has 1 rings (SSSR count).